The van der Waals surface area contributed by atoms with Crippen LogP contribution in [0.5, 0.6) is 0 Å². The molecular formula is C56H32N6. The lowest BCUT2D eigenvalue weighted by molar-refractivity contribution is 1.08. The van der Waals surface area contributed by atoms with Gasteiger partial charge in [-0.05, 0) is 84.9 Å². The number of benzene rings is 9. The number of hydrogen-bond donors (Lipinski definition) is 0. The summed E-state index contributed by atoms with van der Waals surface area (Å²) >= 11 is 0. The first-order valence-corrected chi connectivity index (χ1v) is 20.7. The van der Waals surface area contributed by atoms with Gasteiger partial charge in [0.25, 0.3) is 0 Å². The maximum atomic E-state index is 11.2. The van der Waals surface area contributed by atoms with Crippen molar-refractivity contribution in [2.24, 2.45) is 0 Å². The van der Waals surface area contributed by atoms with Gasteiger partial charge in [0.1, 0.15) is 6.07 Å². The van der Waals surface area contributed by atoms with E-state index in [2.05, 4.69) is 206 Å². The van der Waals surface area contributed by atoms with Crippen molar-refractivity contribution in [3.8, 4) is 34.9 Å². The van der Waals surface area contributed by atoms with Gasteiger partial charge < -0.3 is 18.3 Å². The molecule has 13 rings (SSSR count). The molecule has 9 aromatic carbocycles. The molecule has 0 saturated carbocycles. The Balaban J connectivity index is 1.19. The molecule has 0 saturated heterocycles. The van der Waals surface area contributed by atoms with Gasteiger partial charge in [0.2, 0.25) is 0 Å². The van der Waals surface area contributed by atoms with E-state index < -0.39 is 0 Å². The molecule has 4 aromatic heterocycles. The van der Waals surface area contributed by atoms with Crippen molar-refractivity contribution in [3.05, 3.63) is 205 Å². The normalized spacial score (nSPS) is 11.8. The Kier molecular flexibility index (Phi) is 7.05. The summed E-state index contributed by atoms with van der Waals surface area (Å²) in [7, 11) is 0. The maximum Gasteiger partial charge on any atom is 0.101 e. The van der Waals surface area contributed by atoms with E-state index in [9.17, 15) is 10.5 Å². The van der Waals surface area contributed by atoms with Gasteiger partial charge in [0, 0.05) is 54.5 Å². The smallest absolute Gasteiger partial charge is 0.101 e. The monoisotopic (exact) mass is 788 g/mol. The Bertz CT molecular complexity index is 4110. The second-order valence-corrected chi connectivity index (χ2v) is 15.9. The molecule has 0 atom stereocenters. The summed E-state index contributed by atoms with van der Waals surface area (Å²) in [6, 6.07) is 72.8. The van der Waals surface area contributed by atoms with Crippen LogP contribution in [0.15, 0.2) is 194 Å². The minimum absolute atomic E-state index is 0.418. The van der Waals surface area contributed by atoms with Crippen molar-refractivity contribution in [1.82, 2.24) is 18.3 Å². The second kappa shape index (κ2) is 12.8. The molecule has 62 heavy (non-hydrogen) atoms. The molecule has 4 heterocycles. The number of fused-ring (bicyclic) bond motifs is 14. The average Bonchev–Trinajstić information content (AvgIpc) is 4.06. The third kappa shape index (κ3) is 4.50. The zero-order valence-corrected chi connectivity index (χ0v) is 33.2. The van der Waals surface area contributed by atoms with Crippen molar-refractivity contribution >= 4 is 87.2 Å². The third-order valence-corrected chi connectivity index (χ3v) is 12.8. The second-order valence-electron chi connectivity index (χ2n) is 15.9. The fourth-order valence-corrected chi connectivity index (χ4v) is 10.4. The van der Waals surface area contributed by atoms with Gasteiger partial charge in [-0.3, -0.25) is 0 Å². The molecule has 0 aliphatic heterocycles. The summed E-state index contributed by atoms with van der Waals surface area (Å²) in [5.74, 6) is 0. The highest BCUT2D eigenvalue weighted by atomic mass is 15.1. The average molecular weight is 789 g/mol. The van der Waals surface area contributed by atoms with Gasteiger partial charge in [-0.2, -0.15) is 10.5 Å². The summed E-state index contributed by atoms with van der Waals surface area (Å²) in [4.78, 5) is 0. The molecule has 0 aliphatic carbocycles. The molecule has 0 radical (unpaired) electrons. The number of nitrogens with zero attached hydrogens (tertiary/aromatic N) is 6. The van der Waals surface area contributed by atoms with E-state index in [0.29, 0.717) is 11.1 Å². The summed E-state index contributed by atoms with van der Waals surface area (Å²) in [5, 5.41) is 30.8. The number of nitriles is 2. The molecule has 0 amide bonds. The predicted octanol–water partition coefficient (Wildman–Crippen LogP) is 13.8. The van der Waals surface area contributed by atoms with E-state index in [0.717, 1.165) is 110 Å². The lowest BCUT2D eigenvalue weighted by Gasteiger charge is -2.19. The van der Waals surface area contributed by atoms with Gasteiger partial charge in [0.05, 0.1) is 72.7 Å². The molecular weight excluding hydrogens is 757 g/mol. The van der Waals surface area contributed by atoms with E-state index in [1.165, 1.54) is 0 Å². The predicted molar refractivity (Wildman–Crippen MR) is 253 cm³/mol. The number of rotatable bonds is 4. The molecule has 0 aliphatic rings. The first-order chi connectivity index (χ1) is 30.7. The van der Waals surface area contributed by atoms with Gasteiger partial charge >= 0.3 is 0 Å². The highest BCUT2D eigenvalue weighted by Gasteiger charge is 2.27. The molecule has 6 nitrogen and oxygen atoms in total. The third-order valence-electron chi connectivity index (χ3n) is 12.8. The van der Waals surface area contributed by atoms with Gasteiger partial charge in [-0.15, -0.1) is 0 Å². The van der Waals surface area contributed by atoms with Crippen LogP contribution in [-0.2, 0) is 0 Å². The quantitative estimate of drug-likeness (QED) is 0.178. The fourth-order valence-electron chi connectivity index (χ4n) is 10.4. The molecule has 0 N–H and O–H groups in total. The van der Waals surface area contributed by atoms with Crippen molar-refractivity contribution in [2.75, 3.05) is 0 Å². The number of hydrogen-bond acceptors (Lipinski definition) is 2. The Morgan fingerprint density at radius 1 is 0.306 bits per heavy atom. The van der Waals surface area contributed by atoms with Crippen LogP contribution >= 0.6 is 0 Å². The van der Waals surface area contributed by atoms with Crippen LogP contribution in [0.4, 0.5) is 0 Å². The molecule has 0 bridgehead atoms. The minimum Gasteiger partial charge on any atom is -0.309 e. The molecule has 0 unspecified atom stereocenters. The SMILES string of the molecule is N#Cc1cc(C#N)c(-n2c3ccccc3c3c4c5ccccc5n(-c5ccccc5)c4ccc32)c(-n2c3ccccc3c3c4c5ccccc5n(-c5ccccc5)c4ccc32)c1. The zero-order valence-electron chi connectivity index (χ0n) is 33.2. The van der Waals surface area contributed by atoms with Crippen LogP contribution in [0, 0.1) is 22.7 Å². The molecule has 13 aromatic rings. The van der Waals surface area contributed by atoms with Gasteiger partial charge in [0.15, 0.2) is 0 Å². The van der Waals surface area contributed by atoms with Crippen LogP contribution in [0.1, 0.15) is 11.1 Å². The van der Waals surface area contributed by atoms with Crippen molar-refractivity contribution in [2.45, 2.75) is 0 Å². The van der Waals surface area contributed by atoms with Crippen LogP contribution in [0.3, 0.4) is 0 Å². The van der Waals surface area contributed by atoms with E-state index in [1.807, 2.05) is 12.1 Å². The minimum atomic E-state index is 0.418. The molecule has 6 heteroatoms. The summed E-state index contributed by atoms with van der Waals surface area (Å²) < 4.78 is 9.22. The lowest BCUT2D eigenvalue weighted by atomic mass is 10.0. The van der Waals surface area contributed by atoms with E-state index in [-0.39, 0.29) is 0 Å². The van der Waals surface area contributed by atoms with E-state index in [4.69, 9.17) is 0 Å². The van der Waals surface area contributed by atoms with Gasteiger partial charge in [-0.25, -0.2) is 0 Å². The molecule has 0 fully saturated rings. The largest absolute Gasteiger partial charge is 0.309 e. The highest BCUT2D eigenvalue weighted by molar-refractivity contribution is 6.30. The summed E-state index contributed by atoms with van der Waals surface area (Å²) in [6.07, 6.45) is 0. The molecule has 286 valence electrons. The Morgan fingerprint density at radius 3 is 1.08 bits per heavy atom. The van der Waals surface area contributed by atoms with Crippen molar-refractivity contribution in [3.63, 3.8) is 0 Å². The van der Waals surface area contributed by atoms with Crippen LogP contribution in [0.2, 0.25) is 0 Å². The van der Waals surface area contributed by atoms with Crippen molar-refractivity contribution in [1.29, 1.82) is 10.5 Å². The Hall–Kier alpha value is -8.84. The van der Waals surface area contributed by atoms with Crippen LogP contribution in [0.25, 0.3) is 110 Å². The summed E-state index contributed by atoms with van der Waals surface area (Å²) in [6.45, 7) is 0. The standard InChI is InChI=1S/C56H32N6/c57-33-35-31-36(34-58)56(62-46-26-14-10-22-42(46)55-50(62)30-28-48-53(55)40-20-8-12-24-44(40)60(48)38-17-5-2-6-18-38)51(32-35)61-45-25-13-9-21-41(45)54-49(61)29-27-47-52(54)39-19-7-11-23-43(39)59(47)37-15-3-1-4-16-37/h1-32H. The Labute approximate surface area is 354 Å². The zero-order chi connectivity index (χ0) is 41.1. The van der Waals surface area contributed by atoms with Gasteiger partial charge in [-0.1, -0.05) is 109 Å². The highest BCUT2D eigenvalue weighted by Crippen LogP contribution is 2.46. The number of aromatic nitrogens is 4. The molecule has 0 spiro atoms. The van der Waals surface area contributed by atoms with Crippen molar-refractivity contribution < 1.29 is 0 Å². The van der Waals surface area contributed by atoms with Crippen LogP contribution in [-0.4, -0.2) is 18.3 Å². The lowest BCUT2D eigenvalue weighted by Crippen LogP contribution is -2.07. The summed E-state index contributed by atoms with van der Waals surface area (Å²) in [5.41, 5.74) is 12.9. The number of para-hydroxylation sites is 6. The van der Waals surface area contributed by atoms with Crippen LogP contribution < -0.4 is 0 Å². The Morgan fingerprint density at radius 2 is 0.661 bits per heavy atom. The first-order valence-electron chi connectivity index (χ1n) is 20.7. The maximum absolute atomic E-state index is 11.2. The first kappa shape index (κ1) is 34.1. The van der Waals surface area contributed by atoms with E-state index >= 15 is 0 Å². The van der Waals surface area contributed by atoms with E-state index in [1.54, 1.807) is 6.07 Å². The fraction of sp³-hybridized carbons (Fsp3) is 0. The topological polar surface area (TPSA) is 67.3 Å².